The third kappa shape index (κ3) is 4.14. The van der Waals surface area contributed by atoms with Crippen molar-refractivity contribution in [1.29, 1.82) is 0 Å². The quantitative estimate of drug-likeness (QED) is 0.469. The van der Waals surface area contributed by atoms with E-state index in [1.54, 1.807) is 4.90 Å². The van der Waals surface area contributed by atoms with E-state index in [0.29, 0.717) is 18.9 Å². The van der Waals surface area contributed by atoms with Gasteiger partial charge in [0.2, 0.25) is 17.7 Å². The van der Waals surface area contributed by atoms with Crippen molar-refractivity contribution in [2.75, 3.05) is 6.54 Å². The number of aliphatic hydroxyl groups excluding tert-OH is 1. The summed E-state index contributed by atoms with van der Waals surface area (Å²) in [5.74, 6) is -0.730. The van der Waals surface area contributed by atoms with Gasteiger partial charge in [-0.25, -0.2) is 0 Å². The molecule has 0 aromatic rings. The van der Waals surface area contributed by atoms with Crippen LogP contribution >= 0.6 is 0 Å². The molecule has 3 fully saturated rings. The van der Waals surface area contributed by atoms with Gasteiger partial charge in [0.1, 0.15) is 6.04 Å². The molecule has 1 saturated heterocycles. The molecule has 0 radical (unpaired) electrons. The number of primary amides is 1. The molecular weight excluding hydrogens is 372 g/mol. The number of amides is 3. The average molecular weight is 409 g/mol. The molecule has 6 N–H and O–H groups in total. The minimum Gasteiger partial charge on any atom is -0.381 e. The summed E-state index contributed by atoms with van der Waals surface area (Å²) < 4.78 is 0. The molecule has 3 aliphatic rings. The molecule has 1 aliphatic heterocycles. The lowest BCUT2D eigenvalue weighted by Crippen LogP contribution is -2.59. The largest absolute Gasteiger partial charge is 0.381 e. The summed E-state index contributed by atoms with van der Waals surface area (Å²) in [4.78, 5) is 39.5. The molecule has 0 aromatic carbocycles. The van der Waals surface area contributed by atoms with Crippen molar-refractivity contribution >= 4 is 17.7 Å². The fourth-order valence-electron chi connectivity index (χ4n) is 4.81. The maximum absolute atomic E-state index is 13.3. The van der Waals surface area contributed by atoms with Crippen molar-refractivity contribution < 1.29 is 19.5 Å². The molecule has 1 heterocycles. The predicted molar refractivity (Wildman–Crippen MR) is 108 cm³/mol. The zero-order chi connectivity index (χ0) is 21.9. The van der Waals surface area contributed by atoms with Crippen molar-refractivity contribution in [2.45, 2.75) is 78.1 Å². The number of piperidine rings is 1. The van der Waals surface area contributed by atoms with Crippen molar-refractivity contribution in [1.82, 2.24) is 10.2 Å². The van der Waals surface area contributed by atoms with Crippen molar-refractivity contribution in [3.05, 3.63) is 0 Å². The Morgan fingerprint density at radius 1 is 1.24 bits per heavy atom. The van der Waals surface area contributed by atoms with Crippen LogP contribution in [-0.4, -0.2) is 58.5 Å². The Kier molecular flexibility index (Phi) is 5.49. The third-order valence-corrected chi connectivity index (χ3v) is 7.24. The van der Waals surface area contributed by atoms with Crippen LogP contribution in [0.4, 0.5) is 0 Å². The van der Waals surface area contributed by atoms with E-state index in [9.17, 15) is 19.5 Å². The minimum absolute atomic E-state index is 0.0289. The van der Waals surface area contributed by atoms with Crippen molar-refractivity contribution in [2.24, 2.45) is 40.1 Å². The maximum Gasteiger partial charge on any atom is 0.248 e. The smallest absolute Gasteiger partial charge is 0.248 e. The highest BCUT2D eigenvalue weighted by Gasteiger charge is 2.69. The number of nitrogens with zero attached hydrogens (tertiary/aromatic N) is 1. The molecule has 8 heteroatoms. The van der Waals surface area contributed by atoms with Crippen LogP contribution in [0.25, 0.3) is 0 Å². The number of aliphatic hydroxyl groups is 1. The van der Waals surface area contributed by atoms with Gasteiger partial charge in [0.25, 0.3) is 0 Å². The number of likely N-dealkylation sites (tertiary alicyclic amines) is 1. The molecule has 6 atom stereocenters. The van der Waals surface area contributed by atoms with Gasteiger partial charge in [0, 0.05) is 6.54 Å². The first kappa shape index (κ1) is 22.0. The zero-order valence-corrected chi connectivity index (χ0v) is 18.1. The number of carbonyl (C=O) groups excluding carboxylic acids is 3. The van der Waals surface area contributed by atoms with E-state index in [4.69, 9.17) is 11.5 Å². The first-order valence-corrected chi connectivity index (χ1v) is 10.6. The normalized spacial score (nSPS) is 30.9. The van der Waals surface area contributed by atoms with Gasteiger partial charge in [0.15, 0.2) is 6.10 Å². The second-order valence-corrected chi connectivity index (χ2v) is 10.9. The summed E-state index contributed by atoms with van der Waals surface area (Å²) in [7, 11) is 0. The van der Waals surface area contributed by atoms with E-state index in [-0.39, 0.29) is 29.1 Å². The van der Waals surface area contributed by atoms with E-state index >= 15 is 0 Å². The predicted octanol–water partition coefficient (Wildman–Crippen LogP) is -0.0261. The number of carbonyl (C=O) groups is 3. The second kappa shape index (κ2) is 7.23. The fourth-order valence-corrected chi connectivity index (χ4v) is 4.81. The Morgan fingerprint density at radius 3 is 2.31 bits per heavy atom. The fraction of sp³-hybridized carbons (Fsp3) is 0.857. The summed E-state index contributed by atoms with van der Waals surface area (Å²) in [6.07, 6.45) is 1.11. The van der Waals surface area contributed by atoms with E-state index in [0.717, 1.165) is 12.8 Å². The molecule has 3 amide bonds. The van der Waals surface area contributed by atoms with Crippen LogP contribution in [0.2, 0.25) is 0 Å². The van der Waals surface area contributed by atoms with Gasteiger partial charge in [0.05, 0.1) is 12.1 Å². The average Bonchev–Trinajstić information content (AvgIpc) is 3.45. The molecule has 2 saturated carbocycles. The van der Waals surface area contributed by atoms with Crippen LogP contribution in [0, 0.1) is 28.6 Å². The van der Waals surface area contributed by atoms with Crippen LogP contribution < -0.4 is 16.8 Å². The van der Waals surface area contributed by atoms with Crippen LogP contribution in [0.15, 0.2) is 0 Å². The molecule has 0 bridgehead atoms. The lowest BCUT2D eigenvalue weighted by Gasteiger charge is -2.36. The highest BCUT2D eigenvalue weighted by Crippen LogP contribution is 2.65. The summed E-state index contributed by atoms with van der Waals surface area (Å²) in [5, 5.41) is 13.1. The molecule has 8 nitrogen and oxygen atoms in total. The third-order valence-electron chi connectivity index (χ3n) is 7.24. The second-order valence-electron chi connectivity index (χ2n) is 10.9. The van der Waals surface area contributed by atoms with E-state index in [1.807, 2.05) is 20.8 Å². The van der Waals surface area contributed by atoms with Gasteiger partial charge < -0.3 is 26.8 Å². The number of nitrogens with two attached hydrogens (primary N) is 2. The van der Waals surface area contributed by atoms with Crippen molar-refractivity contribution in [3.8, 4) is 0 Å². The van der Waals surface area contributed by atoms with Gasteiger partial charge in [-0.05, 0) is 35.0 Å². The van der Waals surface area contributed by atoms with Gasteiger partial charge in [-0.2, -0.15) is 0 Å². The summed E-state index contributed by atoms with van der Waals surface area (Å²) >= 11 is 0. The van der Waals surface area contributed by atoms with Crippen LogP contribution in [0.5, 0.6) is 0 Å². The highest BCUT2D eigenvalue weighted by atomic mass is 16.3. The number of nitrogens with one attached hydrogen (secondary N) is 1. The number of hydrogen-bond acceptors (Lipinski definition) is 5. The minimum atomic E-state index is -1.44. The maximum atomic E-state index is 13.3. The van der Waals surface area contributed by atoms with Crippen LogP contribution in [0.1, 0.15) is 53.9 Å². The van der Waals surface area contributed by atoms with Gasteiger partial charge in [-0.15, -0.1) is 0 Å². The topological polar surface area (TPSA) is 139 Å². The first-order chi connectivity index (χ1) is 13.3. The van der Waals surface area contributed by atoms with Crippen LogP contribution in [-0.2, 0) is 14.4 Å². The number of rotatable bonds is 7. The lowest BCUT2D eigenvalue weighted by atomic mass is 9.86. The Labute approximate surface area is 172 Å². The summed E-state index contributed by atoms with van der Waals surface area (Å²) in [6, 6.07) is -2.09. The van der Waals surface area contributed by atoms with E-state index in [2.05, 4.69) is 19.2 Å². The molecule has 164 valence electrons. The van der Waals surface area contributed by atoms with Gasteiger partial charge in [-0.3, -0.25) is 14.4 Å². The standard InChI is InChI=1S/C21H36N4O4/c1-20(2,3)16(22)19(29)25-9-11-13(21(11,4)5)14(25)18(28)24-12(8-10-6-7-10)15(26)17(23)27/h10-16,26H,6-9,22H2,1-5H3,(H2,23,27)(H,24,28). The Balaban J connectivity index is 1.79. The Hall–Kier alpha value is -1.67. The van der Waals surface area contributed by atoms with Gasteiger partial charge in [-0.1, -0.05) is 47.5 Å². The van der Waals surface area contributed by atoms with Crippen molar-refractivity contribution in [3.63, 3.8) is 0 Å². The Morgan fingerprint density at radius 2 is 1.83 bits per heavy atom. The van der Waals surface area contributed by atoms with E-state index < -0.39 is 35.6 Å². The molecule has 2 aliphatic carbocycles. The monoisotopic (exact) mass is 408 g/mol. The zero-order valence-electron chi connectivity index (χ0n) is 18.1. The molecular formula is C21H36N4O4. The highest BCUT2D eigenvalue weighted by molar-refractivity contribution is 5.92. The summed E-state index contributed by atoms with van der Waals surface area (Å²) in [5.41, 5.74) is 11.0. The Bertz CT molecular complexity index is 697. The molecule has 0 spiro atoms. The molecule has 6 unspecified atom stereocenters. The SMILES string of the molecule is CC(C)(C)C(N)C(=O)N1CC2C(C1C(=O)NC(CC1CC1)C(O)C(N)=O)C2(C)C. The first-order valence-electron chi connectivity index (χ1n) is 10.6. The van der Waals surface area contributed by atoms with E-state index in [1.165, 1.54) is 0 Å². The molecule has 3 rings (SSSR count). The van der Waals surface area contributed by atoms with Gasteiger partial charge >= 0.3 is 0 Å². The van der Waals surface area contributed by atoms with Crippen LogP contribution in [0.3, 0.4) is 0 Å². The number of hydrogen-bond donors (Lipinski definition) is 4. The lowest BCUT2D eigenvalue weighted by molar-refractivity contribution is -0.144. The summed E-state index contributed by atoms with van der Waals surface area (Å²) in [6.45, 7) is 10.4. The molecule has 29 heavy (non-hydrogen) atoms. The number of fused-ring (bicyclic) bond motifs is 1. The molecule has 0 aromatic heterocycles.